The van der Waals surface area contributed by atoms with E-state index in [1.807, 2.05) is 24.3 Å². The summed E-state index contributed by atoms with van der Waals surface area (Å²) in [6, 6.07) is 14.5. The van der Waals surface area contributed by atoms with E-state index < -0.39 is 0 Å². The standard InChI is InChI=1S/C18H17BrN2O2/c1-21(2)18(23)14-7-5-8-15(12-14)20-17(22)11-10-13-6-3-4-9-16(13)19/h3-12H,1-2H3,(H,20,22)/b11-10+. The second kappa shape index (κ2) is 7.74. The molecular formula is C18H17BrN2O2. The van der Waals surface area contributed by atoms with E-state index >= 15 is 0 Å². The van der Waals surface area contributed by atoms with Gasteiger partial charge in [-0.25, -0.2) is 0 Å². The molecule has 0 aromatic heterocycles. The van der Waals surface area contributed by atoms with E-state index in [0.29, 0.717) is 11.3 Å². The second-order valence-corrected chi connectivity index (χ2v) is 5.98. The first-order valence-electron chi connectivity index (χ1n) is 7.02. The van der Waals surface area contributed by atoms with Crippen molar-refractivity contribution in [1.29, 1.82) is 0 Å². The SMILES string of the molecule is CN(C)C(=O)c1cccc(NC(=O)/C=C/c2ccccc2Br)c1. The number of nitrogens with one attached hydrogen (secondary N) is 1. The minimum absolute atomic E-state index is 0.107. The summed E-state index contributed by atoms with van der Waals surface area (Å²) in [5, 5.41) is 2.75. The van der Waals surface area contributed by atoms with Gasteiger partial charge >= 0.3 is 0 Å². The van der Waals surface area contributed by atoms with Gasteiger partial charge in [-0.15, -0.1) is 0 Å². The topological polar surface area (TPSA) is 49.4 Å². The van der Waals surface area contributed by atoms with E-state index in [0.717, 1.165) is 10.0 Å². The molecule has 0 radical (unpaired) electrons. The highest BCUT2D eigenvalue weighted by Crippen LogP contribution is 2.17. The number of anilines is 1. The van der Waals surface area contributed by atoms with Gasteiger partial charge in [0.05, 0.1) is 0 Å². The van der Waals surface area contributed by atoms with Gasteiger partial charge in [-0.1, -0.05) is 40.2 Å². The third-order valence-electron chi connectivity index (χ3n) is 3.10. The number of carbonyl (C=O) groups is 2. The van der Waals surface area contributed by atoms with Crippen LogP contribution in [-0.2, 0) is 4.79 Å². The number of carbonyl (C=O) groups excluding carboxylic acids is 2. The maximum Gasteiger partial charge on any atom is 0.253 e. The molecule has 0 aliphatic heterocycles. The molecule has 0 aliphatic rings. The summed E-state index contributed by atoms with van der Waals surface area (Å²) in [6.07, 6.45) is 3.19. The Labute approximate surface area is 143 Å². The maximum absolute atomic E-state index is 12.0. The van der Waals surface area contributed by atoms with Gasteiger partial charge in [0.15, 0.2) is 0 Å². The van der Waals surface area contributed by atoms with Gasteiger partial charge in [0.1, 0.15) is 0 Å². The minimum Gasteiger partial charge on any atom is -0.345 e. The van der Waals surface area contributed by atoms with Gasteiger partial charge in [0.25, 0.3) is 5.91 Å². The third kappa shape index (κ3) is 4.79. The highest BCUT2D eigenvalue weighted by Gasteiger charge is 2.08. The highest BCUT2D eigenvalue weighted by atomic mass is 79.9. The van der Waals surface area contributed by atoms with Crippen molar-refractivity contribution in [1.82, 2.24) is 4.90 Å². The van der Waals surface area contributed by atoms with E-state index in [-0.39, 0.29) is 11.8 Å². The largest absolute Gasteiger partial charge is 0.345 e. The van der Waals surface area contributed by atoms with Crippen LogP contribution >= 0.6 is 15.9 Å². The molecule has 2 aromatic carbocycles. The lowest BCUT2D eigenvalue weighted by atomic mass is 10.1. The van der Waals surface area contributed by atoms with Crippen LogP contribution in [0.2, 0.25) is 0 Å². The highest BCUT2D eigenvalue weighted by molar-refractivity contribution is 9.10. The molecule has 0 aliphatic carbocycles. The molecule has 2 aromatic rings. The van der Waals surface area contributed by atoms with Crippen LogP contribution in [-0.4, -0.2) is 30.8 Å². The smallest absolute Gasteiger partial charge is 0.253 e. The van der Waals surface area contributed by atoms with Crippen molar-refractivity contribution in [3.05, 3.63) is 70.2 Å². The maximum atomic E-state index is 12.0. The molecule has 5 heteroatoms. The Balaban J connectivity index is 2.07. The summed E-state index contributed by atoms with van der Waals surface area (Å²) >= 11 is 3.43. The first-order valence-corrected chi connectivity index (χ1v) is 7.82. The monoisotopic (exact) mass is 372 g/mol. The Hall–Kier alpha value is -2.40. The molecule has 2 amide bonds. The van der Waals surface area contributed by atoms with Gasteiger partial charge in [0, 0.05) is 35.9 Å². The number of amides is 2. The fourth-order valence-corrected chi connectivity index (χ4v) is 2.36. The third-order valence-corrected chi connectivity index (χ3v) is 3.82. The summed E-state index contributed by atoms with van der Waals surface area (Å²) in [4.78, 5) is 25.4. The summed E-state index contributed by atoms with van der Waals surface area (Å²) in [5.41, 5.74) is 2.03. The molecule has 0 saturated heterocycles. The zero-order chi connectivity index (χ0) is 16.8. The molecule has 0 heterocycles. The van der Waals surface area contributed by atoms with Gasteiger partial charge in [0.2, 0.25) is 5.91 Å². The van der Waals surface area contributed by atoms with Crippen molar-refractivity contribution >= 4 is 39.5 Å². The fourth-order valence-electron chi connectivity index (χ4n) is 1.95. The van der Waals surface area contributed by atoms with Crippen molar-refractivity contribution in [3.8, 4) is 0 Å². The average Bonchev–Trinajstić information content (AvgIpc) is 2.53. The van der Waals surface area contributed by atoms with E-state index in [1.54, 1.807) is 44.4 Å². The van der Waals surface area contributed by atoms with Crippen molar-refractivity contribution < 1.29 is 9.59 Å². The van der Waals surface area contributed by atoms with Crippen LogP contribution in [0.1, 0.15) is 15.9 Å². The number of halogens is 1. The molecule has 0 saturated carbocycles. The van der Waals surface area contributed by atoms with Crippen molar-refractivity contribution in [2.24, 2.45) is 0 Å². The zero-order valence-electron chi connectivity index (χ0n) is 12.9. The van der Waals surface area contributed by atoms with Crippen molar-refractivity contribution in [2.45, 2.75) is 0 Å². The normalized spacial score (nSPS) is 10.6. The molecule has 1 N–H and O–H groups in total. The quantitative estimate of drug-likeness (QED) is 0.829. The summed E-state index contributed by atoms with van der Waals surface area (Å²) in [5.74, 6) is -0.361. The second-order valence-electron chi connectivity index (χ2n) is 5.12. The average molecular weight is 373 g/mol. The molecule has 0 unspecified atom stereocenters. The van der Waals surface area contributed by atoms with Gasteiger partial charge in [-0.05, 0) is 35.9 Å². The zero-order valence-corrected chi connectivity index (χ0v) is 14.5. The van der Waals surface area contributed by atoms with Crippen molar-refractivity contribution in [2.75, 3.05) is 19.4 Å². The van der Waals surface area contributed by atoms with E-state index in [1.165, 1.54) is 11.0 Å². The lowest BCUT2D eigenvalue weighted by molar-refractivity contribution is -0.111. The number of benzene rings is 2. The molecule has 2 rings (SSSR count). The van der Waals surface area contributed by atoms with Crippen LogP contribution in [0, 0.1) is 0 Å². The number of rotatable bonds is 4. The Morgan fingerprint density at radius 3 is 2.52 bits per heavy atom. The van der Waals surface area contributed by atoms with Crippen LogP contribution < -0.4 is 5.32 Å². The van der Waals surface area contributed by atoms with Crippen molar-refractivity contribution in [3.63, 3.8) is 0 Å². The van der Waals surface area contributed by atoms with E-state index in [2.05, 4.69) is 21.2 Å². The molecular weight excluding hydrogens is 356 g/mol. The van der Waals surface area contributed by atoms with E-state index in [9.17, 15) is 9.59 Å². The van der Waals surface area contributed by atoms with Crippen LogP contribution in [0.15, 0.2) is 59.1 Å². The van der Waals surface area contributed by atoms with Crippen LogP contribution in [0.25, 0.3) is 6.08 Å². The van der Waals surface area contributed by atoms with Crippen LogP contribution in [0.3, 0.4) is 0 Å². The first-order chi connectivity index (χ1) is 11.0. The predicted octanol–water partition coefficient (Wildman–Crippen LogP) is 3.80. The van der Waals surface area contributed by atoms with E-state index in [4.69, 9.17) is 0 Å². The van der Waals surface area contributed by atoms with Crippen LogP contribution in [0.4, 0.5) is 5.69 Å². The lowest BCUT2D eigenvalue weighted by Crippen LogP contribution is -2.21. The molecule has 4 nitrogen and oxygen atoms in total. The predicted molar refractivity (Wildman–Crippen MR) is 96.3 cm³/mol. The van der Waals surface area contributed by atoms with Gasteiger partial charge < -0.3 is 10.2 Å². The molecule has 0 atom stereocenters. The Kier molecular flexibility index (Phi) is 5.71. The Bertz CT molecular complexity index is 754. The molecule has 0 bridgehead atoms. The van der Waals surface area contributed by atoms with Crippen LogP contribution in [0.5, 0.6) is 0 Å². The Morgan fingerprint density at radius 2 is 1.83 bits per heavy atom. The first kappa shape index (κ1) is 17.0. The minimum atomic E-state index is -0.254. The fraction of sp³-hybridized carbons (Fsp3) is 0.111. The molecule has 118 valence electrons. The lowest BCUT2D eigenvalue weighted by Gasteiger charge is -2.11. The number of hydrogen-bond donors (Lipinski definition) is 1. The number of nitrogens with zero attached hydrogens (tertiary/aromatic N) is 1. The molecule has 23 heavy (non-hydrogen) atoms. The molecule has 0 spiro atoms. The summed E-state index contributed by atoms with van der Waals surface area (Å²) in [6.45, 7) is 0. The van der Waals surface area contributed by atoms with Gasteiger partial charge in [-0.2, -0.15) is 0 Å². The van der Waals surface area contributed by atoms with Gasteiger partial charge in [-0.3, -0.25) is 9.59 Å². The summed E-state index contributed by atoms with van der Waals surface area (Å²) < 4.78 is 0.919. The number of hydrogen-bond acceptors (Lipinski definition) is 2. The Morgan fingerprint density at radius 1 is 1.09 bits per heavy atom. The molecule has 0 fully saturated rings. The summed E-state index contributed by atoms with van der Waals surface area (Å²) in [7, 11) is 3.38.